The first-order valence-corrected chi connectivity index (χ1v) is 5.45. The first-order valence-electron chi connectivity index (χ1n) is 5.45. The van der Waals surface area contributed by atoms with Gasteiger partial charge in [-0.2, -0.15) is 0 Å². The molecule has 84 valence electrons. The van der Waals surface area contributed by atoms with Crippen molar-refractivity contribution in [1.82, 2.24) is 5.32 Å². The molecule has 0 saturated carbocycles. The molecule has 3 heteroatoms. The number of allylic oxidation sites excluding steroid dienone is 1. The molecule has 1 unspecified atom stereocenters. The fourth-order valence-electron chi connectivity index (χ4n) is 1.12. The van der Waals surface area contributed by atoms with Gasteiger partial charge in [-0.05, 0) is 12.8 Å². The topological polar surface area (TPSA) is 52.5 Å². The molecule has 0 radical (unpaired) electrons. The molecule has 0 aliphatic carbocycles. The van der Waals surface area contributed by atoms with Gasteiger partial charge in [0.15, 0.2) is 0 Å². The maximum atomic E-state index is 9.44. The van der Waals surface area contributed by atoms with Gasteiger partial charge in [-0.3, -0.25) is 0 Å². The summed E-state index contributed by atoms with van der Waals surface area (Å²) in [5, 5.41) is 20.9. The number of aliphatic hydroxyl groups excluding tert-OH is 2. The van der Waals surface area contributed by atoms with Crippen LogP contribution in [0.2, 0.25) is 0 Å². The van der Waals surface area contributed by atoms with Crippen molar-refractivity contribution in [1.29, 1.82) is 0 Å². The first-order chi connectivity index (χ1) is 6.81. The summed E-state index contributed by atoms with van der Waals surface area (Å²) in [4.78, 5) is 0. The Morgan fingerprint density at radius 1 is 1.36 bits per heavy atom. The molecule has 0 aromatic carbocycles. The normalized spacial score (nSPS) is 13.6. The van der Waals surface area contributed by atoms with E-state index >= 15 is 0 Å². The predicted octanol–water partition coefficient (Wildman–Crippen LogP) is 1.07. The van der Waals surface area contributed by atoms with Crippen molar-refractivity contribution in [2.45, 2.75) is 38.7 Å². The summed E-state index contributed by atoms with van der Waals surface area (Å²) in [5.74, 6) is 0. The van der Waals surface area contributed by atoms with Crippen molar-refractivity contribution in [3.05, 3.63) is 12.2 Å². The Hall–Kier alpha value is -0.380. The third-order valence-corrected chi connectivity index (χ3v) is 1.97. The van der Waals surface area contributed by atoms with Gasteiger partial charge in [-0.15, -0.1) is 0 Å². The Bertz CT molecular complexity index is 137. The standard InChI is InChI=1S/C11H23NO2/c1-2-3-4-5-6-7-11(14)10-12-8-9-13/h5-6,11-14H,2-4,7-10H2,1H3/b6-5+. The fraction of sp³-hybridized carbons (Fsp3) is 0.818. The lowest BCUT2D eigenvalue weighted by molar-refractivity contribution is 0.171. The van der Waals surface area contributed by atoms with Crippen LogP contribution in [0, 0.1) is 0 Å². The van der Waals surface area contributed by atoms with E-state index in [1.54, 1.807) is 0 Å². The molecule has 0 amide bonds. The molecule has 0 heterocycles. The van der Waals surface area contributed by atoms with Crippen LogP contribution in [0.4, 0.5) is 0 Å². The van der Waals surface area contributed by atoms with Crippen LogP contribution >= 0.6 is 0 Å². The average Bonchev–Trinajstić information content (AvgIpc) is 2.18. The first kappa shape index (κ1) is 13.6. The van der Waals surface area contributed by atoms with Crippen LogP contribution in [0.25, 0.3) is 0 Å². The largest absolute Gasteiger partial charge is 0.395 e. The van der Waals surface area contributed by atoms with Crippen LogP contribution in [0.15, 0.2) is 12.2 Å². The second-order valence-corrected chi connectivity index (χ2v) is 3.43. The highest BCUT2D eigenvalue weighted by Crippen LogP contribution is 1.98. The Morgan fingerprint density at radius 2 is 2.14 bits per heavy atom. The lowest BCUT2D eigenvalue weighted by Gasteiger charge is -2.08. The summed E-state index contributed by atoms with van der Waals surface area (Å²) in [6.07, 6.45) is 8.05. The number of unbranched alkanes of at least 4 members (excludes halogenated alkanes) is 2. The summed E-state index contributed by atoms with van der Waals surface area (Å²) in [6.45, 7) is 3.40. The van der Waals surface area contributed by atoms with Gasteiger partial charge in [0.1, 0.15) is 0 Å². The van der Waals surface area contributed by atoms with Gasteiger partial charge in [-0.1, -0.05) is 31.9 Å². The second kappa shape index (κ2) is 10.7. The van der Waals surface area contributed by atoms with E-state index in [1.165, 1.54) is 12.8 Å². The molecule has 3 nitrogen and oxygen atoms in total. The Labute approximate surface area is 86.8 Å². The molecule has 0 rings (SSSR count). The van der Waals surface area contributed by atoms with Gasteiger partial charge in [0.05, 0.1) is 12.7 Å². The zero-order valence-corrected chi connectivity index (χ0v) is 9.08. The van der Waals surface area contributed by atoms with Crippen LogP contribution in [0.1, 0.15) is 32.6 Å². The van der Waals surface area contributed by atoms with E-state index in [0.717, 1.165) is 6.42 Å². The molecule has 0 spiro atoms. The Morgan fingerprint density at radius 3 is 2.79 bits per heavy atom. The second-order valence-electron chi connectivity index (χ2n) is 3.43. The minimum Gasteiger partial charge on any atom is -0.395 e. The fourth-order valence-corrected chi connectivity index (χ4v) is 1.12. The van der Waals surface area contributed by atoms with E-state index in [4.69, 9.17) is 5.11 Å². The highest BCUT2D eigenvalue weighted by Gasteiger charge is 1.99. The molecule has 0 aromatic heterocycles. The van der Waals surface area contributed by atoms with E-state index in [-0.39, 0.29) is 12.7 Å². The third kappa shape index (κ3) is 9.71. The molecule has 1 atom stereocenters. The molecular weight excluding hydrogens is 178 g/mol. The smallest absolute Gasteiger partial charge is 0.0698 e. The van der Waals surface area contributed by atoms with E-state index in [0.29, 0.717) is 19.5 Å². The van der Waals surface area contributed by atoms with Gasteiger partial charge >= 0.3 is 0 Å². The number of hydrogen-bond acceptors (Lipinski definition) is 3. The third-order valence-electron chi connectivity index (χ3n) is 1.97. The van der Waals surface area contributed by atoms with Crippen molar-refractivity contribution in [2.24, 2.45) is 0 Å². The highest BCUT2D eigenvalue weighted by molar-refractivity contribution is 4.84. The van der Waals surface area contributed by atoms with Crippen molar-refractivity contribution < 1.29 is 10.2 Å². The van der Waals surface area contributed by atoms with Crippen LogP contribution in [-0.4, -0.2) is 36.0 Å². The highest BCUT2D eigenvalue weighted by atomic mass is 16.3. The number of nitrogens with one attached hydrogen (secondary N) is 1. The molecule has 0 aromatic rings. The quantitative estimate of drug-likeness (QED) is 0.386. The van der Waals surface area contributed by atoms with Gasteiger partial charge < -0.3 is 15.5 Å². The average molecular weight is 201 g/mol. The van der Waals surface area contributed by atoms with E-state index in [9.17, 15) is 5.11 Å². The van der Waals surface area contributed by atoms with Crippen molar-refractivity contribution in [2.75, 3.05) is 19.7 Å². The van der Waals surface area contributed by atoms with Crippen LogP contribution < -0.4 is 5.32 Å². The summed E-state index contributed by atoms with van der Waals surface area (Å²) < 4.78 is 0. The number of hydrogen-bond donors (Lipinski definition) is 3. The maximum absolute atomic E-state index is 9.44. The Kier molecular flexibility index (Phi) is 10.4. The summed E-state index contributed by atoms with van der Waals surface area (Å²) in [5.41, 5.74) is 0. The van der Waals surface area contributed by atoms with Crippen molar-refractivity contribution in [3.8, 4) is 0 Å². The monoisotopic (exact) mass is 201 g/mol. The molecule has 14 heavy (non-hydrogen) atoms. The summed E-state index contributed by atoms with van der Waals surface area (Å²) >= 11 is 0. The summed E-state index contributed by atoms with van der Waals surface area (Å²) in [7, 11) is 0. The number of rotatable bonds is 9. The van der Waals surface area contributed by atoms with Crippen molar-refractivity contribution in [3.63, 3.8) is 0 Å². The van der Waals surface area contributed by atoms with E-state index in [1.807, 2.05) is 6.08 Å². The molecule has 0 fully saturated rings. The lowest BCUT2D eigenvalue weighted by atomic mass is 10.2. The van der Waals surface area contributed by atoms with Gasteiger partial charge in [-0.25, -0.2) is 0 Å². The lowest BCUT2D eigenvalue weighted by Crippen LogP contribution is -2.28. The summed E-state index contributed by atoms with van der Waals surface area (Å²) in [6, 6.07) is 0. The molecule has 0 bridgehead atoms. The van der Waals surface area contributed by atoms with Crippen LogP contribution in [0.5, 0.6) is 0 Å². The Balaban J connectivity index is 3.24. The van der Waals surface area contributed by atoms with E-state index < -0.39 is 0 Å². The van der Waals surface area contributed by atoms with Crippen molar-refractivity contribution >= 4 is 0 Å². The van der Waals surface area contributed by atoms with Crippen LogP contribution in [0.3, 0.4) is 0 Å². The van der Waals surface area contributed by atoms with E-state index in [2.05, 4.69) is 18.3 Å². The number of aliphatic hydroxyl groups is 2. The van der Waals surface area contributed by atoms with Gasteiger partial charge in [0.2, 0.25) is 0 Å². The molecule has 3 N–H and O–H groups in total. The zero-order chi connectivity index (χ0) is 10.6. The minimum atomic E-state index is -0.334. The molecular formula is C11H23NO2. The molecule has 0 aliphatic heterocycles. The van der Waals surface area contributed by atoms with Crippen LogP contribution in [-0.2, 0) is 0 Å². The predicted molar refractivity (Wildman–Crippen MR) is 59.2 cm³/mol. The maximum Gasteiger partial charge on any atom is 0.0698 e. The molecule has 0 saturated heterocycles. The zero-order valence-electron chi connectivity index (χ0n) is 9.08. The molecule has 0 aliphatic rings. The van der Waals surface area contributed by atoms with Gasteiger partial charge in [0, 0.05) is 13.1 Å². The SMILES string of the molecule is CCCC/C=C/CC(O)CNCCO. The van der Waals surface area contributed by atoms with Gasteiger partial charge in [0.25, 0.3) is 0 Å². The minimum absolute atomic E-state index is 0.124.